The number of tetrazole rings is 1. The molecule has 0 amide bonds. The van der Waals surface area contributed by atoms with Gasteiger partial charge in [-0.2, -0.15) is 0 Å². The molecule has 3 aromatic rings. The van der Waals surface area contributed by atoms with Crippen molar-refractivity contribution in [1.29, 1.82) is 0 Å². The van der Waals surface area contributed by atoms with Gasteiger partial charge in [0.25, 0.3) is 0 Å². The first kappa shape index (κ1) is 14.6. The van der Waals surface area contributed by atoms with Crippen molar-refractivity contribution in [3.8, 4) is 0 Å². The van der Waals surface area contributed by atoms with Crippen LogP contribution in [0.25, 0.3) is 11.1 Å². The standard InChI is InChI=1S/C14H14FN5O2S/c15-9-1-2-12-11(7-9)16-13(22-12)8-23-14-17-18-19-20(14)10-3-5-21-6-4-10/h1-2,7,10H,3-6,8H2. The van der Waals surface area contributed by atoms with E-state index in [0.717, 1.165) is 31.2 Å². The molecule has 1 aliphatic rings. The minimum Gasteiger partial charge on any atom is -0.440 e. The maximum absolute atomic E-state index is 13.2. The van der Waals surface area contributed by atoms with Crippen molar-refractivity contribution in [3.63, 3.8) is 0 Å². The van der Waals surface area contributed by atoms with E-state index in [4.69, 9.17) is 9.15 Å². The van der Waals surface area contributed by atoms with Gasteiger partial charge in [-0.3, -0.25) is 0 Å². The molecule has 0 aliphatic carbocycles. The fraction of sp³-hybridized carbons (Fsp3) is 0.429. The number of fused-ring (bicyclic) bond motifs is 1. The lowest BCUT2D eigenvalue weighted by molar-refractivity contribution is 0.0631. The first-order valence-corrected chi connectivity index (χ1v) is 8.31. The monoisotopic (exact) mass is 335 g/mol. The van der Waals surface area contributed by atoms with Crippen LogP contribution in [0.5, 0.6) is 0 Å². The van der Waals surface area contributed by atoms with Gasteiger partial charge in [-0.1, -0.05) is 11.8 Å². The Kier molecular flexibility index (Phi) is 3.96. The molecule has 1 aromatic carbocycles. The van der Waals surface area contributed by atoms with Crippen LogP contribution >= 0.6 is 11.8 Å². The van der Waals surface area contributed by atoms with Crippen LogP contribution in [0.2, 0.25) is 0 Å². The highest BCUT2D eigenvalue weighted by molar-refractivity contribution is 7.98. The Balaban J connectivity index is 1.49. The molecule has 2 aromatic heterocycles. The smallest absolute Gasteiger partial charge is 0.210 e. The van der Waals surface area contributed by atoms with Crippen molar-refractivity contribution in [2.45, 2.75) is 29.8 Å². The number of oxazole rings is 1. The summed E-state index contributed by atoms with van der Waals surface area (Å²) >= 11 is 1.46. The second kappa shape index (κ2) is 6.25. The van der Waals surface area contributed by atoms with E-state index in [2.05, 4.69) is 20.5 Å². The summed E-state index contributed by atoms with van der Waals surface area (Å²) in [7, 11) is 0. The molecule has 1 fully saturated rings. The Morgan fingerprint density at radius 2 is 2.17 bits per heavy atom. The molecule has 0 spiro atoms. The van der Waals surface area contributed by atoms with E-state index in [0.29, 0.717) is 22.7 Å². The lowest BCUT2D eigenvalue weighted by atomic mass is 10.1. The molecule has 1 aliphatic heterocycles. The van der Waals surface area contributed by atoms with Crippen LogP contribution in [0.4, 0.5) is 4.39 Å². The van der Waals surface area contributed by atoms with Gasteiger partial charge in [0, 0.05) is 19.3 Å². The van der Waals surface area contributed by atoms with Crippen LogP contribution in [-0.4, -0.2) is 38.4 Å². The number of ether oxygens (including phenoxy) is 1. The molecular weight excluding hydrogens is 321 g/mol. The second-order valence-electron chi connectivity index (χ2n) is 5.26. The molecule has 0 saturated carbocycles. The van der Waals surface area contributed by atoms with Gasteiger partial charge < -0.3 is 9.15 Å². The Morgan fingerprint density at radius 1 is 1.30 bits per heavy atom. The van der Waals surface area contributed by atoms with Gasteiger partial charge in [-0.15, -0.1) is 5.10 Å². The molecule has 7 nitrogen and oxygen atoms in total. The molecule has 0 unspecified atom stereocenters. The quantitative estimate of drug-likeness (QED) is 0.678. The number of halogens is 1. The predicted octanol–water partition coefficient (Wildman–Crippen LogP) is 2.60. The number of aromatic nitrogens is 5. The predicted molar refractivity (Wildman–Crippen MR) is 80.4 cm³/mol. The van der Waals surface area contributed by atoms with Crippen molar-refractivity contribution in [3.05, 3.63) is 29.9 Å². The topological polar surface area (TPSA) is 78.9 Å². The van der Waals surface area contributed by atoms with Crippen LogP contribution in [-0.2, 0) is 10.5 Å². The van der Waals surface area contributed by atoms with Crippen molar-refractivity contribution >= 4 is 22.9 Å². The number of hydrogen-bond acceptors (Lipinski definition) is 7. The molecule has 0 atom stereocenters. The van der Waals surface area contributed by atoms with E-state index in [-0.39, 0.29) is 11.9 Å². The number of hydrogen-bond donors (Lipinski definition) is 0. The van der Waals surface area contributed by atoms with E-state index in [1.807, 2.05) is 4.68 Å². The fourth-order valence-corrected chi connectivity index (χ4v) is 3.36. The summed E-state index contributed by atoms with van der Waals surface area (Å²) in [5.41, 5.74) is 1.09. The van der Waals surface area contributed by atoms with E-state index in [9.17, 15) is 4.39 Å². The number of rotatable bonds is 4. The maximum Gasteiger partial charge on any atom is 0.210 e. The van der Waals surface area contributed by atoms with E-state index in [1.54, 1.807) is 6.07 Å². The third-order valence-corrected chi connectivity index (χ3v) is 4.64. The highest BCUT2D eigenvalue weighted by Crippen LogP contribution is 2.27. The Bertz CT molecular complexity index is 814. The van der Waals surface area contributed by atoms with Gasteiger partial charge in [0.15, 0.2) is 5.58 Å². The van der Waals surface area contributed by atoms with Gasteiger partial charge in [-0.25, -0.2) is 14.1 Å². The van der Waals surface area contributed by atoms with Gasteiger partial charge in [0.1, 0.15) is 11.3 Å². The fourth-order valence-electron chi connectivity index (χ4n) is 2.58. The third-order valence-electron chi connectivity index (χ3n) is 3.72. The Hall–Kier alpha value is -2.00. The highest BCUT2D eigenvalue weighted by atomic mass is 32.2. The summed E-state index contributed by atoms with van der Waals surface area (Å²) < 4.78 is 26.0. The summed E-state index contributed by atoms with van der Waals surface area (Å²) in [6, 6.07) is 4.56. The van der Waals surface area contributed by atoms with E-state index < -0.39 is 0 Å². The lowest BCUT2D eigenvalue weighted by Crippen LogP contribution is -2.21. The minimum atomic E-state index is -0.325. The zero-order valence-corrected chi connectivity index (χ0v) is 13.0. The first-order valence-electron chi connectivity index (χ1n) is 7.33. The van der Waals surface area contributed by atoms with Crippen LogP contribution in [0.3, 0.4) is 0 Å². The molecule has 0 N–H and O–H groups in total. The van der Waals surface area contributed by atoms with Gasteiger partial charge in [0.05, 0.1) is 11.8 Å². The molecule has 9 heteroatoms. The largest absolute Gasteiger partial charge is 0.440 e. The summed E-state index contributed by atoms with van der Waals surface area (Å²) in [5, 5.41) is 12.6. The average molecular weight is 335 g/mol. The average Bonchev–Trinajstić information content (AvgIpc) is 3.19. The number of thioether (sulfide) groups is 1. The molecule has 0 radical (unpaired) electrons. The lowest BCUT2D eigenvalue weighted by Gasteiger charge is -2.22. The molecule has 120 valence electrons. The summed E-state index contributed by atoms with van der Waals surface area (Å²) in [6.45, 7) is 1.46. The summed E-state index contributed by atoms with van der Waals surface area (Å²) in [5.74, 6) is 0.686. The van der Waals surface area contributed by atoms with Crippen molar-refractivity contribution in [2.24, 2.45) is 0 Å². The zero-order chi connectivity index (χ0) is 15.6. The molecule has 3 heterocycles. The van der Waals surface area contributed by atoms with Crippen molar-refractivity contribution in [1.82, 2.24) is 25.2 Å². The van der Waals surface area contributed by atoms with E-state index >= 15 is 0 Å². The SMILES string of the molecule is Fc1ccc2oc(CSc3nnnn3C3CCOCC3)nc2c1. The van der Waals surface area contributed by atoms with Crippen molar-refractivity contribution < 1.29 is 13.5 Å². The van der Waals surface area contributed by atoms with Gasteiger partial charge >= 0.3 is 0 Å². The van der Waals surface area contributed by atoms with Crippen molar-refractivity contribution in [2.75, 3.05) is 13.2 Å². The van der Waals surface area contributed by atoms with Gasteiger partial charge in [-0.05, 0) is 35.4 Å². The number of benzene rings is 1. The van der Waals surface area contributed by atoms with Gasteiger partial charge in [0.2, 0.25) is 11.0 Å². The van der Waals surface area contributed by atoms with E-state index in [1.165, 1.54) is 23.9 Å². The summed E-state index contributed by atoms with van der Waals surface area (Å²) in [6.07, 6.45) is 1.81. The molecular formula is C14H14FN5O2S. The molecule has 0 bridgehead atoms. The van der Waals surface area contributed by atoms with Crippen LogP contribution < -0.4 is 0 Å². The highest BCUT2D eigenvalue weighted by Gasteiger charge is 2.21. The minimum absolute atomic E-state index is 0.263. The molecule has 1 saturated heterocycles. The number of nitrogens with zero attached hydrogens (tertiary/aromatic N) is 5. The first-order chi connectivity index (χ1) is 11.3. The second-order valence-corrected chi connectivity index (χ2v) is 6.20. The molecule has 23 heavy (non-hydrogen) atoms. The Labute approximate surface area is 135 Å². The summed E-state index contributed by atoms with van der Waals surface area (Å²) in [4.78, 5) is 4.29. The maximum atomic E-state index is 13.2. The van der Waals surface area contributed by atoms with Crippen LogP contribution in [0.1, 0.15) is 24.8 Å². The van der Waals surface area contributed by atoms with Crippen LogP contribution in [0, 0.1) is 5.82 Å². The van der Waals surface area contributed by atoms with Crippen LogP contribution in [0.15, 0.2) is 27.8 Å². The normalized spacial score (nSPS) is 16.2. The third kappa shape index (κ3) is 3.06. The Morgan fingerprint density at radius 3 is 3.04 bits per heavy atom. The molecule has 4 rings (SSSR count). The zero-order valence-electron chi connectivity index (χ0n) is 12.2.